The first-order chi connectivity index (χ1) is 12.2. The first kappa shape index (κ1) is 15.0. The summed E-state index contributed by atoms with van der Waals surface area (Å²) < 4.78 is 0. The predicted octanol–water partition coefficient (Wildman–Crippen LogP) is 0.691. The number of aliphatic hydroxyl groups is 1. The highest BCUT2D eigenvalue weighted by Gasteiger charge is 2.38. The van der Waals surface area contributed by atoms with Crippen LogP contribution in [0.5, 0.6) is 0 Å². The van der Waals surface area contributed by atoms with Crippen molar-refractivity contribution in [1.82, 2.24) is 25.9 Å². The van der Waals surface area contributed by atoms with Gasteiger partial charge in [0.25, 0.3) is 0 Å². The Labute approximate surface area is 145 Å². The maximum atomic E-state index is 12.5. The normalized spacial score (nSPS) is 28.5. The number of hydrogen-bond donors (Lipinski definition) is 4. The van der Waals surface area contributed by atoms with Gasteiger partial charge in [-0.2, -0.15) is 0 Å². The lowest BCUT2D eigenvalue weighted by molar-refractivity contribution is -0.147. The molecule has 0 aromatic carbocycles. The van der Waals surface area contributed by atoms with Crippen molar-refractivity contribution in [1.29, 1.82) is 0 Å². The standard InChI is InChI=1S/C17H22N6O2/c24-12-7-22(8-12)17(25)11-3-1-10(2-4-11)14-15-13-5-6-18-16(13)19-9-23(15)21-20-14/h5-6,9-12,18,20-21,24H,1-4,7-8H2. The molecule has 0 atom stereocenters. The Morgan fingerprint density at radius 1 is 1.24 bits per heavy atom. The van der Waals surface area contributed by atoms with Crippen LogP contribution in [-0.2, 0) is 4.79 Å². The van der Waals surface area contributed by atoms with Gasteiger partial charge in [0.15, 0.2) is 0 Å². The number of hydrogen-bond acceptors (Lipinski definition) is 6. The van der Waals surface area contributed by atoms with Gasteiger partial charge < -0.3 is 20.4 Å². The molecule has 1 amide bonds. The van der Waals surface area contributed by atoms with Gasteiger partial charge in [0.2, 0.25) is 5.91 Å². The molecule has 0 spiro atoms. The van der Waals surface area contributed by atoms with E-state index in [1.165, 1.54) is 5.70 Å². The van der Waals surface area contributed by atoms with Crippen molar-refractivity contribution < 1.29 is 9.90 Å². The number of nitrogens with zero attached hydrogens (tertiary/aromatic N) is 3. The van der Waals surface area contributed by atoms with Crippen LogP contribution in [0, 0.1) is 11.8 Å². The van der Waals surface area contributed by atoms with E-state index in [0.29, 0.717) is 19.0 Å². The molecule has 4 aliphatic rings. The van der Waals surface area contributed by atoms with Gasteiger partial charge in [0.05, 0.1) is 17.5 Å². The van der Waals surface area contributed by atoms with Crippen LogP contribution in [0.4, 0.5) is 5.82 Å². The summed E-state index contributed by atoms with van der Waals surface area (Å²) in [5, 5.41) is 11.3. The summed E-state index contributed by atoms with van der Waals surface area (Å²) in [4.78, 5) is 21.8. The number of H-pyrrole nitrogens is 1. The molecule has 25 heavy (non-hydrogen) atoms. The second-order valence-electron chi connectivity index (χ2n) is 7.30. The van der Waals surface area contributed by atoms with Crippen molar-refractivity contribution >= 4 is 23.8 Å². The largest absolute Gasteiger partial charge is 0.389 e. The van der Waals surface area contributed by atoms with Crippen LogP contribution in [-0.4, -0.2) is 51.4 Å². The van der Waals surface area contributed by atoms with Crippen LogP contribution in [0.1, 0.15) is 31.2 Å². The Kier molecular flexibility index (Phi) is 3.36. The van der Waals surface area contributed by atoms with Gasteiger partial charge in [-0.05, 0) is 31.7 Å². The lowest BCUT2D eigenvalue weighted by Crippen LogP contribution is -2.55. The van der Waals surface area contributed by atoms with E-state index in [1.54, 1.807) is 11.2 Å². The fourth-order valence-electron chi connectivity index (χ4n) is 4.32. The molecule has 2 fully saturated rings. The number of β-amino-alcohol motifs (C(OH)–C–C–N with tert-alkyl or cyclic N) is 1. The van der Waals surface area contributed by atoms with Gasteiger partial charge in [0, 0.05) is 36.7 Å². The van der Waals surface area contributed by atoms with Crippen molar-refractivity contribution in [3.05, 3.63) is 23.5 Å². The molecule has 132 valence electrons. The molecule has 1 aromatic rings. The predicted molar refractivity (Wildman–Crippen MR) is 92.0 cm³/mol. The van der Waals surface area contributed by atoms with E-state index in [2.05, 4.69) is 20.9 Å². The number of aliphatic imine (C=N–C) groups is 1. The fraction of sp³-hybridized carbons (Fsp3) is 0.529. The number of nitrogens with one attached hydrogen (secondary N) is 3. The minimum Gasteiger partial charge on any atom is -0.389 e. The lowest BCUT2D eigenvalue weighted by atomic mass is 9.79. The SMILES string of the molecule is O=C(C1CCC(C2=C3c4cc[nH]c4N=CN3NN2)CC1)N1CC(O)C1. The van der Waals surface area contributed by atoms with Crippen LogP contribution in [0.25, 0.3) is 5.70 Å². The molecule has 4 N–H and O–H groups in total. The quantitative estimate of drug-likeness (QED) is 0.634. The maximum Gasteiger partial charge on any atom is 0.225 e. The number of likely N-dealkylation sites (tertiary alicyclic amines) is 1. The topological polar surface area (TPSA) is 96.0 Å². The number of hydrazine groups is 2. The Morgan fingerprint density at radius 3 is 2.80 bits per heavy atom. The van der Waals surface area contributed by atoms with E-state index in [9.17, 15) is 9.90 Å². The lowest BCUT2D eigenvalue weighted by Gasteiger charge is -2.39. The third-order valence-corrected chi connectivity index (χ3v) is 5.75. The molecule has 5 rings (SSSR count). The summed E-state index contributed by atoms with van der Waals surface area (Å²) >= 11 is 0. The fourth-order valence-corrected chi connectivity index (χ4v) is 4.32. The number of aromatic nitrogens is 1. The summed E-state index contributed by atoms with van der Waals surface area (Å²) in [5.74, 6) is 1.62. The third kappa shape index (κ3) is 2.36. The molecule has 0 radical (unpaired) electrons. The van der Waals surface area contributed by atoms with Gasteiger partial charge in [-0.25, -0.2) is 10.0 Å². The van der Waals surface area contributed by atoms with Crippen molar-refractivity contribution in [3.8, 4) is 0 Å². The number of fused-ring (bicyclic) bond motifs is 3. The van der Waals surface area contributed by atoms with Crippen molar-refractivity contribution in [2.75, 3.05) is 13.1 Å². The van der Waals surface area contributed by atoms with Crippen LogP contribution in [0.2, 0.25) is 0 Å². The van der Waals surface area contributed by atoms with Crippen LogP contribution in [0.15, 0.2) is 23.0 Å². The number of rotatable bonds is 2. The second-order valence-corrected chi connectivity index (χ2v) is 7.30. The van der Waals surface area contributed by atoms with Crippen LogP contribution in [0.3, 0.4) is 0 Å². The average Bonchev–Trinajstić information content (AvgIpc) is 3.24. The first-order valence-corrected chi connectivity index (χ1v) is 8.94. The Hall–Kier alpha value is -2.32. The zero-order valence-electron chi connectivity index (χ0n) is 13.9. The number of carbonyl (C=O) groups excluding carboxylic acids is 1. The molecule has 8 nitrogen and oxygen atoms in total. The average molecular weight is 342 g/mol. The molecule has 8 heteroatoms. The van der Waals surface area contributed by atoms with Gasteiger partial charge in [-0.15, -0.1) is 5.53 Å². The maximum absolute atomic E-state index is 12.5. The summed E-state index contributed by atoms with van der Waals surface area (Å²) in [7, 11) is 0. The molecule has 0 bridgehead atoms. The summed E-state index contributed by atoms with van der Waals surface area (Å²) in [6, 6.07) is 2.05. The summed E-state index contributed by atoms with van der Waals surface area (Å²) in [6.07, 6.45) is 7.15. The van der Waals surface area contributed by atoms with E-state index >= 15 is 0 Å². The third-order valence-electron chi connectivity index (χ3n) is 5.75. The number of aliphatic hydroxyl groups excluding tert-OH is 1. The van der Waals surface area contributed by atoms with Crippen LogP contribution < -0.4 is 11.0 Å². The molecule has 4 heterocycles. The Morgan fingerprint density at radius 2 is 2.04 bits per heavy atom. The highest BCUT2D eigenvalue weighted by Crippen LogP contribution is 2.41. The molecule has 1 aliphatic carbocycles. The van der Waals surface area contributed by atoms with Crippen molar-refractivity contribution in [3.63, 3.8) is 0 Å². The number of aromatic amines is 1. The van der Waals surface area contributed by atoms with E-state index in [0.717, 1.165) is 42.8 Å². The molecule has 1 saturated heterocycles. The smallest absolute Gasteiger partial charge is 0.225 e. The van der Waals surface area contributed by atoms with Crippen molar-refractivity contribution in [2.24, 2.45) is 16.8 Å². The van der Waals surface area contributed by atoms with Gasteiger partial charge in [-0.1, -0.05) is 0 Å². The van der Waals surface area contributed by atoms with E-state index in [1.807, 2.05) is 17.3 Å². The molecule has 0 unspecified atom stereocenters. The summed E-state index contributed by atoms with van der Waals surface area (Å²) in [5.41, 5.74) is 9.89. The minimum atomic E-state index is -0.324. The second kappa shape index (κ2) is 5.60. The monoisotopic (exact) mass is 342 g/mol. The zero-order valence-corrected chi connectivity index (χ0v) is 13.9. The first-order valence-electron chi connectivity index (χ1n) is 8.94. The molecule has 1 saturated carbocycles. The molecule has 1 aromatic heterocycles. The van der Waals surface area contributed by atoms with Gasteiger partial charge in [-0.3, -0.25) is 4.79 Å². The van der Waals surface area contributed by atoms with Crippen LogP contribution >= 0.6 is 0 Å². The number of carbonyl (C=O) groups is 1. The number of allylic oxidation sites excluding steroid dienone is 1. The van der Waals surface area contributed by atoms with E-state index in [4.69, 9.17) is 0 Å². The van der Waals surface area contributed by atoms with Gasteiger partial charge in [0.1, 0.15) is 12.2 Å². The van der Waals surface area contributed by atoms with E-state index < -0.39 is 0 Å². The minimum absolute atomic E-state index is 0.107. The Balaban J connectivity index is 1.31. The summed E-state index contributed by atoms with van der Waals surface area (Å²) in [6.45, 7) is 1.01. The molecular weight excluding hydrogens is 320 g/mol. The van der Waals surface area contributed by atoms with Crippen molar-refractivity contribution in [2.45, 2.75) is 31.8 Å². The highest BCUT2D eigenvalue weighted by atomic mass is 16.3. The zero-order chi connectivity index (χ0) is 17.0. The highest BCUT2D eigenvalue weighted by molar-refractivity contribution is 5.88. The van der Waals surface area contributed by atoms with Gasteiger partial charge >= 0.3 is 0 Å². The molecule has 3 aliphatic heterocycles. The number of amides is 1. The molecular formula is C17H22N6O2. The Bertz CT molecular complexity index is 755. The van der Waals surface area contributed by atoms with E-state index in [-0.39, 0.29) is 17.9 Å².